The first-order valence-corrected chi connectivity index (χ1v) is 8.18. The van der Waals surface area contributed by atoms with Crippen LogP contribution in [-0.2, 0) is 0 Å². The Bertz CT molecular complexity index is 923. The monoisotopic (exact) mass is 348 g/mol. The lowest BCUT2D eigenvalue weighted by Gasteiger charge is -2.08. The van der Waals surface area contributed by atoms with E-state index in [0.717, 1.165) is 22.6 Å². The average Bonchev–Trinajstić information content (AvgIpc) is 2.65. The molecule has 6 heteroatoms. The van der Waals surface area contributed by atoms with E-state index in [0.29, 0.717) is 17.2 Å². The molecule has 0 spiro atoms. The Morgan fingerprint density at radius 2 is 1.69 bits per heavy atom. The van der Waals surface area contributed by atoms with E-state index in [9.17, 15) is 4.79 Å². The van der Waals surface area contributed by atoms with Crippen molar-refractivity contribution in [1.82, 2.24) is 10.2 Å². The highest BCUT2D eigenvalue weighted by molar-refractivity contribution is 6.03. The summed E-state index contributed by atoms with van der Waals surface area (Å²) in [6, 6.07) is 16.5. The Morgan fingerprint density at radius 1 is 0.923 bits per heavy atom. The molecule has 1 heterocycles. The zero-order valence-electron chi connectivity index (χ0n) is 14.9. The second-order valence-corrected chi connectivity index (χ2v) is 5.91. The van der Waals surface area contributed by atoms with Gasteiger partial charge in [0.15, 0.2) is 11.6 Å². The van der Waals surface area contributed by atoms with Crippen molar-refractivity contribution >= 4 is 23.2 Å². The van der Waals surface area contributed by atoms with Gasteiger partial charge in [-0.3, -0.25) is 4.79 Å². The Kier molecular flexibility index (Phi) is 5.12. The van der Waals surface area contributed by atoms with E-state index in [1.807, 2.05) is 50.2 Å². The molecule has 2 aromatic carbocycles. The molecule has 0 atom stereocenters. The van der Waals surface area contributed by atoms with Gasteiger partial charge in [0.05, 0.1) is 7.11 Å². The number of anilines is 3. The summed E-state index contributed by atoms with van der Waals surface area (Å²) in [5, 5.41) is 14.0. The van der Waals surface area contributed by atoms with Gasteiger partial charge < -0.3 is 15.4 Å². The summed E-state index contributed by atoms with van der Waals surface area (Å²) in [5.41, 5.74) is 3.65. The predicted molar refractivity (Wildman–Crippen MR) is 102 cm³/mol. The van der Waals surface area contributed by atoms with Gasteiger partial charge in [0, 0.05) is 17.3 Å². The topological polar surface area (TPSA) is 76.1 Å². The molecule has 0 aliphatic rings. The van der Waals surface area contributed by atoms with Crippen LogP contribution in [0.15, 0.2) is 54.6 Å². The Hall–Kier alpha value is -3.41. The zero-order chi connectivity index (χ0) is 18.5. The first-order chi connectivity index (χ1) is 12.5. The number of nitrogens with one attached hydrogen (secondary N) is 2. The Balaban J connectivity index is 1.67. The number of rotatable bonds is 5. The number of nitrogens with zero attached hydrogens (tertiary/aromatic N) is 2. The molecule has 3 rings (SSSR count). The molecule has 3 aromatic rings. The van der Waals surface area contributed by atoms with E-state index < -0.39 is 0 Å². The number of carbonyl (C=O) groups excluding carboxylic acids is 1. The molecule has 1 aromatic heterocycles. The van der Waals surface area contributed by atoms with Crippen LogP contribution >= 0.6 is 0 Å². The van der Waals surface area contributed by atoms with Gasteiger partial charge in [-0.15, -0.1) is 10.2 Å². The summed E-state index contributed by atoms with van der Waals surface area (Å²) in [6.07, 6.45) is 0. The summed E-state index contributed by atoms with van der Waals surface area (Å²) in [7, 11) is 1.62. The summed E-state index contributed by atoms with van der Waals surface area (Å²) in [5.74, 6) is 1.50. The van der Waals surface area contributed by atoms with Gasteiger partial charge in [0.2, 0.25) is 0 Å². The van der Waals surface area contributed by atoms with Crippen LogP contribution in [0.25, 0.3) is 0 Å². The smallest absolute Gasteiger partial charge is 0.256 e. The number of methoxy groups -OCH3 is 1. The molecule has 0 saturated heterocycles. The maximum absolute atomic E-state index is 12.3. The van der Waals surface area contributed by atoms with E-state index in [4.69, 9.17) is 4.74 Å². The van der Waals surface area contributed by atoms with Crippen LogP contribution in [0.4, 0.5) is 17.3 Å². The number of hydrogen-bond donors (Lipinski definition) is 2. The summed E-state index contributed by atoms with van der Waals surface area (Å²) >= 11 is 0. The van der Waals surface area contributed by atoms with Crippen molar-refractivity contribution in [2.24, 2.45) is 0 Å². The molecule has 1 amide bonds. The fraction of sp³-hybridized carbons (Fsp3) is 0.150. The molecule has 0 fully saturated rings. The number of aryl methyl sites for hydroxylation is 2. The number of ether oxygens (including phenoxy) is 1. The lowest BCUT2D eigenvalue weighted by molar-refractivity contribution is 0.102. The quantitative estimate of drug-likeness (QED) is 0.726. The van der Waals surface area contributed by atoms with Crippen LogP contribution < -0.4 is 15.4 Å². The third-order valence-corrected chi connectivity index (χ3v) is 4.02. The van der Waals surface area contributed by atoms with E-state index in [2.05, 4.69) is 20.8 Å². The molecule has 6 nitrogen and oxygen atoms in total. The van der Waals surface area contributed by atoms with Crippen molar-refractivity contribution in [2.45, 2.75) is 13.8 Å². The largest absolute Gasteiger partial charge is 0.497 e. The second-order valence-electron chi connectivity index (χ2n) is 5.91. The molecule has 0 unspecified atom stereocenters. The highest BCUT2D eigenvalue weighted by Gasteiger charge is 2.08. The number of carbonyl (C=O) groups is 1. The van der Waals surface area contributed by atoms with Gasteiger partial charge in [-0.2, -0.15) is 0 Å². The van der Waals surface area contributed by atoms with Crippen LogP contribution in [0.3, 0.4) is 0 Å². The number of hydrogen-bond acceptors (Lipinski definition) is 5. The van der Waals surface area contributed by atoms with E-state index in [-0.39, 0.29) is 5.91 Å². The van der Waals surface area contributed by atoms with E-state index in [1.54, 1.807) is 25.3 Å². The zero-order valence-corrected chi connectivity index (χ0v) is 14.9. The first-order valence-electron chi connectivity index (χ1n) is 8.18. The number of aromatic nitrogens is 2. The fourth-order valence-corrected chi connectivity index (χ4v) is 2.39. The molecule has 0 radical (unpaired) electrons. The molecule has 0 aliphatic heterocycles. The minimum atomic E-state index is -0.212. The van der Waals surface area contributed by atoms with Gasteiger partial charge in [0.1, 0.15) is 5.75 Å². The highest BCUT2D eigenvalue weighted by Crippen LogP contribution is 2.20. The van der Waals surface area contributed by atoms with Crippen LogP contribution in [-0.4, -0.2) is 23.2 Å². The van der Waals surface area contributed by atoms with E-state index >= 15 is 0 Å². The van der Waals surface area contributed by atoms with Crippen molar-refractivity contribution in [3.63, 3.8) is 0 Å². The summed E-state index contributed by atoms with van der Waals surface area (Å²) < 4.78 is 5.19. The first kappa shape index (κ1) is 17.4. The number of benzene rings is 2. The van der Waals surface area contributed by atoms with Crippen molar-refractivity contribution in [2.75, 3.05) is 17.7 Å². The van der Waals surface area contributed by atoms with Gasteiger partial charge in [-0.25, -0.2) is 0 Å². The Labute approximate surface area is 152 Å². The van der Waals surface area contributed by atoms with Crippen LogP contribution in [0.5, 0.6) is 5.75 Å². The molecule has 0 saturated carbocycles. The third kappa shape index (κ3) is 4.16. The van der Waals surface area contributed by atoms with Crippen molar-refractivity contribution < 1.29 is 9.53 Å². The van der Waals surface area contributed by atoms with Crippen LogP contribution in [0, 0.1) is 13.8 Å². The summed E-state index contributed by atoms with van der Waals surface area (Å²) in [6.45, 7) is 3.99. The third-order valence-electron chi connectivity index (χ3n) is 4.02. The molecule has 132 valence electrons. The van der Waals surface area contributed by atoms with Crippen molar-refractivity contribution in [1.29, 1.82) is 0 Å². The Morgan fingerprint density at radius 3 is 2.38 bits per heavy atom. The second kappa shape index (κ2) is 7.65. The molecule has 26 heavy (non-hydrogen) atoms. The highest BCUT2D eigenvalue weighted by atomic mass is 16.5. The molecular formula is C20H20N4O2. The molecule has 0 bridgehead atoms. The van der Waals surface area contributed by atoms with E-state index in [1.165, 1.54) is 0 Å². The van der Waals surface area contributed by atoms with Crippen LogP contribution in [0.2, 0.25) is 0 Å². The maximum Gasteiger partial charge on any atom is 0.256 e. The molecule has 2 N–H and O–H groups in total. The summed E-state index contributed by atoms with van der Waals surface area (Å²) in [4.78, 5) is 12.3. The lowest BCUT2D eigenvalue weighted by atomic mass is 10.1. The lowest BCUT2D eigenvalue weighted by Crippen LogP contribution is -2.13. The minimum absolute atomic E-state index is 0.212. The van der Waals surface area contributed by atoms with Crippen LogP contribution in [0.1, 0.15) is 21.5 Å². The SMILES string of the molecule is COc1cccc(Nc2ccc(NC(=O)c3ccc(C)c(C)c3)nn2)c1. The van der Waals surface area contributed by atoms with Gasteiger partial charge in [-0.1, -0.05) is 12.1 Å². The van der Waals surface area contributed by atoms with Gasteiger partial charge >= 0.3 is 0 Å². The standard InChI is InChI=1S/C20H20N4O2/c1-13-7-8-15(11-14(13)2)20(25)22-19-10-9-18(23-24-19)21-16-5-4-6-17(12-16)26-3/h4-12H,1-3H3,(H,21,23)(H,22,24,25). The average molecular weight is 348 g/mol. The van der Waals surface area contributed by atoms with Crippen molar-refractivity contribution in [3.8, 4) is 5.75 Å². The van der Waals surface area contributed by atoms with Crippen molar-refractivity contribution in [3.05, 3.63) is 71.3 Å². The number of amides is 1. The maximum atomic E-state index is 12.3. The van der Waals surface area contributed by atoms with Gasteiger partial charge in [0.25, 0.3) is 5.91 Å². The molecule has 0 aliphatic carbocycles. The van der Waals surface area contributed by atoms with Gasteiger partial charge in [-0.05, 0) is 61.4 Å². The predicted octanol–water partition coefficient (Wildman–Crippen LogP) is 4.10. The minimum Gasteiger partial charge on any atom is -0.497 e. The fourth-order valence-electron chi connectivity index (χ4n) is 2.39. The normalized spacial score (nSPS) is 10.3. The molecular weight excluding hydrogens is 328 g/mol.